The van der Waals surface area contributed by atoms with Crippen molar-refractivity contribution in [3.63, 3.8) is 0 Å². The molecule has 0 spiro atoms. The summed E-state index contributed by atoms with van der Waals surface area (Å²) >= 11 is 0. The Morgan fingerprint density at radius 3 is 2.85 bits per heavy atom. The van der Waals surface area contributed by atoms with Crippen LogP contribution < -0.4 is 10.6 Å². The maximum absolute atomic E-state index is 13.2. The predicted molar refractivity (Wildman–Crippen MR) is 96.9 cm³/mol. The molecule has 1 aliphatic rings. The molecule has 2 heterocycles. The van der Waals surface area contributed by atoms with Gasteiger partial charge in [-0.15, -0.1) is 0 Å². The monoisotopic (exact) mass is 359 g/mol. The molecule has 0 unspecified atom stereocenters. The van der Waals surface area contributed by atoms with Crippen LogP contribution in [0.15, 0.2) is 30.3 Å². The van der Waals surface area contributed by atoms with Gasteiger partial charge in [-0.05, 0) is 25.1 Å². The molecule has 0 bridgehead atoms. The van der Waals surface area contributed by atoms with Gasteiger partial charge in [0.25, 0.3) is 5.91 Å². The normalized spacial score (nSPS) is 14.8. The smallest absolute Gasteiger partial charge is 0.274 e. The SMILES string of the molecule is Cc1nc(NCCN2CCOCC2)cc(C(=O)Nc2cccc(F)c2)n1. The third-order valence-electron chi connectivity index (χ3n) is 3.99. The summed E-state index contributed by atoms with van der Waals surface area (Å²) in [4.78, 5) is 23.2. The van der Waals surface area contributed by atoms with Gasteiger partial charge in [0, 0.05) is 37.9 Å². The maximum atomic E-state index is 13.2. The standard InChI is InChI=1S/C18H22FN5O2/c1-13-21-16(18(25)23-15-4-2-3-14(19)11-15)12-17(22-13)20-5-6-24-7-9-26-10-8-24/h2-4,11-12H,5-10H2,1H3,(H,23,25)(H,20,21,22). The van der Waals surface area contributed by atoms with E-state index in [1.165, 1.54) is 18.2 Å². The van der Waals surface area contributed by atoms with Crippen LogP contribution in [0, 0.1) is 12.7 Å². The Bertz CT molecular complexity index is 765. The van der Waals surface area contributed by atoms with Crippen molar-refractivity contribution in [3.05, 3.63) is 47.7 Å². The number of nitrogens with zero attached hydrogens (tertiary/aromatic N) is 3. The number of hydrogen-bond acceptors (Lipinski definition) is 6. The largest absolute Gasteiger partial charge is 0.379 e. The summed E-state index contributed by atoms with van der Waals surface area (Å²) in [6.07, 6.45) is 0. The minimum atomic E-state index is -0.410. The van der Waals surface area contributed by atoms with Gasteiger partial charge in [-0.3, -0.25) is 9.69 Å². The van der Waals surface area contributed by atoms with Crippen molar-refractivity contribution < 1.29 is 13.9 Å². The Morgan fingerprint density at radius 1 is 1.27 bits per heavy atom. The zero-order chi connectivity index (χ0) is 18.4. The van der Waals surface area contributed by atoms with E-state index in [1.54, 1.807) is 19.1 Å². The molecule has 1 aromatic carbocycles. The Morgan fingerprint density at radius 2 is 2.08 bits per heavy atom. The lowest BCUT2D eigenvalue weighted by Gasteiger charge is -2.26. The van der Waals surface area contributed by atoms with Crippen LogP contribution in [0.4, 0.5) is 15.9 Å². The maximum Gasteiger partial charge on any atom is 0.274 e. The van der Waals surface area contributed by atoms with E-state index in [0.717, 1.165) is 32.8 Å². The first-order valence-electron chi connectivity index (χ1n) is 8.57. The molecule has 3 rings (SSSR count). The van der Waals surface area contributed by atoms with Crippen molar-refractivity contribution in [1.82, 2.24) is 14.9 Å². The van der Waals surface area contributed by atoms with Crippen LogP contribution in [0.25, 0.3) is 0 Å². The van der Waals surface area contributed by atoms with Crippen LogP contribution >= 0.6 is 0 Å². The second-order valence-electron chi connectivity index (χ2n) is 6.03. The third kappa shape index (κ3) is 5.21. The fraction of sp³-hybridized carbons (Fsp3) is 0.389. The molecule has 0 atom stereocenters. The Kier molecular flexibility index (Phi) is 6.08. The molecule has 138 valence electrons. The van der Waals surface area contributed by atoms with Gasteiger partial charge in [0.2, 0.25) is 0 Å². The minimum Gasteiger partial charge on any atom is -0.379 e. The number of hydrogen-bond donors (Lipinski definition) is 2. The van der Waals surface area contributed by atoms with E-state index in [2.05, 4.69) is 25.5 Å². The number of benzene rings is 1. The van der Waals surface area contributed by atoms with E-state index in [1.807, 2.05) is 0 Å². The predicted octanol–water partition coefficient (Wildman–Crippen LogP) is 1.92. The highest BCUT2D eigenvalue weighted by atomic mass is 19.1. The third-order valence-corrected chi connectivity index (χ3v) is 3.99. The molecule has 1 fully saturated rings. The van der Waals surface area contributed by atoms with E-state index < -0.39 is 11.7 Å². The molecule has 26 heavy (non-hydrogen) atoms. The van der Waals surface area contributed by atoms with Crippen molar-refractivity contribution in [3.8, 4) is 0 Å². The number of halogens is 1. The number of nitrogens with one attached hydrogen (secondary N) is 2. The summed E-state index contributed by atoms with van der Waals surface area (Å²) < 4.78 is 18.6. The van der Waals surface area contributed by atoms with Gasteiger partial charge in [-0.1, -0.05) is 6.07 Å². The molecule has 2 N–H and O–H groups in total. The lowest BCUT2D eigenvalue weighted by atomic mass is 10.3. The number of amides is 1. The zero-order valence-corrected chi connectivity index (χ0v) is 14.7. The molecule has 1 saturated heterocycles. The minimum absolute atomic E-state index is 0.232. The van der Waals surface area contributed by atoms with Gasteiger partial charge < -0.3 is 15.4 Å². The molecule has 1 amide bonds. The first-order valence-corrected chi connectivity index (χ1v) is 8.57. The number of rotatable bonds is 6. The molecule has 2 aromatic rings. The second-order valence-corrected chi connectivity index (χ2v) is 6.03. The number of morpholine rings is 1. The number of anilines is 2. The highest BCUT2D eigenvalue weighted by Crippen LogP contribution is 2.12. The summed E-state index contributed by atoms with van der Waals surface area (Å²) in [5, 5.41) is 5.87. The van der Waals surface area contributed by atoms with Crippen molar-refractivity contribution in [2.24, 2.45) is 0 Å². The highest BCUT2D eigenvalue weighted by molar-refractivity contribution is 6.03. The van der Waals surface area contributed by atoms with Crippen LogP contribution in [-0.4, -0.2) is 60.2 Å². The first-order chi connectivity index (χ1) is 12.6. The molecule has 0 radical (unpaired) electrons. The summed E-state index contributed by atoms with van der Waals surface area (Å²) in [5.74, 6) is 0.269. The first kappa shape index (κ1) is 18.2. The van der Waals surface area contributed by atoms with Gasteiger partial charge in [-0.25, -0.2) is 14.4 Å². The highest BCUT2D eigenvalue weighted by Gasteiger charge is 2.12. The van der Waals surface area contributed by atoms with Crippen LogP contribution in [0.1, 0.15) is 16.3 Å². The summed E-state index contributed by atoms with van der Waals surface area (Å²) in [5.41, 5.74) is 0.615. The van der Waals surface area contributed by atoms with Crippen molar-refractivity contribution in [2.45, 2.75) is 6.92 Å². The van der Waals surface area contributed by atoms with Crippen molar-refractivity contribution >= 4 is 17.4 Å². The zero-order valence-electron chi connectivity index (χ0n) is 14.7. The van der Waals surface area contributed by atoms with E-state index in [4.69, 9.17) is 4.74 Å². The summed E-state index contributed by atoms with van der Waals surface area (Å²) in [6.45, 7) is 6.68. The van der Waals surface area contributed by atoms with E-state index in [9.17, 15) is 9.18 Å². The molecule has 1 aromatic heterocycles. The molecule has 7 nitrogen and oxygen atoms in total. The number of carbonyl (C=O) groups is 1. The average molecular weight is 359 g/mol. The van der Waals surface area contributed by atoms with Gasteiger partial charge in [0.1, 0.15) is 23.2 Å². The fourth-order valence-corrected chi connectivity index (χ4v) is 2.70. The van der Waals surface area contributed by atoms with Gasteiger partial charge in [0.15, 0.2) is 0 Å². The number of carbonyl (C=O) groups excluding carboxylic acids is 1. The molecular formula is C18H22FN5O2. The van der Waals surface area contributed by atoms with Crippen LogP contribution in [0.5, 0.6) is 0 Å². The summed E-state index contributed by atoms with van der Waals surface area (Å²) in [7, 11) is 0. The van der Waals surface area contributed by atoms with E-state index >= 15 is 0 Å². The van der Waals surface area contributed by atoms with Gasteiger partial charge >= 0.3 is 0 Å². The molecular weight excluding hydrogens is 337 g/mol. The Hall–Kier alpha value is -2.58. The average Bonchev–Trinajstić information content (AvgIpc) is 2.62. The topological polar surface area (TPSA) is 79.4 Å². The lowest BCUT2D eigenvalue weighted by Crippen LogP contribution is -2.39. The van der Waals surface area contributed by atoms with Crippen LogP contribution in [0.2, 0.25) is 0 Å². The van der Waals surface area contributed by atoms with Crippen molar-refractivity contribution in [2.75, 3.05) is 50.0 Å². The number of ether oxygens (including phenoxy) is 1. The fourth-order valence-electron chi connectivity index (χ4n) is 2.70. The summed E-state index contributed by atoms with van der Waals surface area (Å²) in [6, 6.07) is 7.33. The van der Waals surface area contributed by atoms with Crippen molar-refractivity contribution in [1.29, 1.82) is 0 Å². The Labute approximate surface area is 151 Å². The van der Waals surface area contributed by atoms with Gasteiger partial charge in [0.05, 0.1) is 13.2 Å². The number of aromatic nitrogens is 2. The Balaban J connectivity index is 1.60. The second kappa shape index (κ2) is 8.68. The lowest BCUT2D eigenvalue weighted by molar-refractivity contribution is 0.0398. The van der Waals surface area contributed by atoms with Crippen LogP contribution in [-0.2, 0) is 4.74 Å². The molecule has 0 aliphatic carbocycles. The molecule has 1 aliphatic heterocycles. The quantitative estimate of drug-likeness (QED) is 0.820. The van der Waals surface area contributed by atoms with Gasteiger partial charge in [-0.2, -0.15) is 0 Å². The van der Waals surface area contributed by atoms with E-state index in [-0.39, 0.29) is 5.69 Å². The number of aryl methyl sites for hydroxylation is 1. The van der Waals surface area contributed by atoms with Crippen LogP contribution in [0.3, 0.4) is 0 Å². The van der Waals surface area contributed by atoms with E-state index in [0.29, 0.717) is 23.9 Å². The molecule has 8 heteroatoms. The molecule has 0 saturated carbocycles.